The standard InChI is InChI=1S/C36H27N4O/c1-26-22-24-31(25-23-26)38-32(27-14-6-2-7-15-27)33(28-16-8-3-9-17-28)40-35(36(38)41)39(30-20-12-5-13-21-30)34(37-40)29-18-10-4-11-19-29/h2-25H,1H3/q+1. The highest BCUT2D eigenvalue weighted by atomic mass is 16.1. The van der Waals surface area contributed by atoms with Crippen LogP contribution in [-0.4, -0.2) is 14.2 Å². The van der Waals surface area contributed by atoms with Gasteiger partial charge in [0.25, 0.3) is 0 Å². The molecule has 5 aromatic carbocycles. The Morgan fingerprint density at radius 2 is 1.05 bits per heavy atom. The van der Waals surface area contributed by atoms with Crippen molar-refractivity contribution in [1.82, 2.24) is 14.2 Å². The van der Waals surface area contributed by atoms with Gasteiger partial charge in [-0.2, -0.15) is 4.57 Å². The number of para-hydroxylation sites is 1. The fourth-order valence-electron chi connectivity index (χ4n) is 5.38. The van der Waals surface area contributed by atoms with E-state index in [9.17, 15) is 4.79 Å². The molecule has 0 N–H and O–H groups in total. The van der Waals surface area contributed by atoms with Crippen LogP contribution in [0, 0.1) is 6.92 Å². The first-order chi connectivity index (χ1) is 20.2. The highest BCUT2D eigenvalue weighted by Crippen LogP contribution is 2.34. The average molecular weight is 532 g/mol. The first kappa shape index (κ1) is 24.5. The number of aromatic nitrogens is 4. The predicted octanol–water partition coefficient (Wildman–Crippen LogP) is 7.07. The maximum Gasteiger partial charge on any atom is 0.338 e. The molecule has 0 amide bonds. The predicted molar refractivity (Wildman–Crippen MR) is 163 cm³/mol. The third-order valence-electron chi connectivity index (χ3n) is 7.31. The number of nitrogens with zero attached hydrogens (tertiary/aromatic N) is 4. The summed E-state index contributed by atoms with van der Waals surface area (Å²) in [6.45, 7) is 2.05. The zero-order valence-electron chi connectivity index (χ0n) is 22.6. The molecule has 0 atom stereocenters. The van der Waals surface area contributed by atoms with Crippen LogP contribution < -0.4 is 10.1 Å². The van der Waals surface area contributed by atoms with Gasteiger partial charge in [-0.1, -0.05) is 119 Å². The van der Waals surface area contributed by atoms with Gasteiger partial charge in [-0.25, -0.2) is 0 Å². The average Bonchev–Trinajstić information content (AvgIpc) is 3.44. The van der Waals surface area contributed by atoms with Crippen molar-refractivity contribution >= 4 is 5.65 Å². The van der Waals surface area contributed by atoms with E-state index in [1.807, 2.05) is 147 Å². The normalized spacial score (nSPS) is 11.1. The van der Waals surface area contributed by atoms with E-state index in [1.54, 1.807) is 0 Å². The van der Waals surface area contributed by atoms with Crippen LogP contribution >= 0.6 is 0 Å². The van der Waals surface area contributed by atoms with Crippen LogP contribution in [0.3, 0.4) is 0 Å². The molecule has 7 aromatic rings. The number of aryl methyl sites for hydroxylation is 1. The topological polar surface area (TPSA) is 43.2 Å². The smallest absolute Gasteiger partial charge is 0.267 e. The lowest BCUT2D eigenvalue weighted by Gasteiger charge is -2.17. The lowest BCUT2D eigenvalue weighted by Crippen LogP contribution is -2.39. The zero-order chi connectivity index (χ0) is 27.8. The second-order valence-electron chi connectivity index (χ2n) is 10.0. The molecular formula is C36H27N4O+. The van der Waals surface area contributed by atoms with Gasteiger partial charge in [-0.15, -0.1) is 0 Å². The van der Waals surface area contributed by atoms with Crippen molar-refractivity contribution in [1.29, 1.82) is 0 Å². The van der Waals surface area contributed by atoms with E-state index in [-0.39, 0.29) is 5.56 Å². The lowest BCUT2D eigenvalue weighted by molar-refractivity contribution is -0.557. The number of fused-ring (bicyclic) bond motifs is 1. The summed E-state index contributed by atoms with van der Waals surface area (Å²) in [5.74, 6) is 0.687. The molecule has 5 heteroatoms. The summed E-state index contributed by atoms with van der Waals surface area (Å²) in [7, 11) is 0. The van der Waals surface area contributed by atoms with Crippen LogP contribution in [0.5, 0.6) is 0 Å². The molecule has 0 aliphatic heterocycles. The van der Waals surface area contributed by atoms with Crippen LogP contribution in [-0.2, 0) is 0 Å². The van der Waals surface area contributed by atoms with E-state index in [0.717, 1.165) is 45.0 Å². The molecule has 0 saturated carbocycles. The molecule has 196 valence electrons. The van der Waals surface area contributed by atoms with Gasteiger partial charge in [0, 0.05) is 16.8 Å². The lowest BCUT2D eigenvalue weighted by atomic mass is 10.0. The largest absolute Gasteiger partial charge is 0.338 e. The molecule has 0 bridgehead atoms. The number of benzene rings is 5. The van der Waals surface area contributed by atoms with Crippen molar-refractivity contribution in [3.63, 3.8) is 0 Å². The van der Waals surface area contributed by atoms with Gasteiger partial charge in [-0.05, 0) is 43.3 Å². The van der Waals surface area contributed by atoms with Crippen LogP contribution in [0.4, 0.5) is 0 Å². The van der Waals surface area contributed by atoms with E-state index in [2.05, 4.69) is 19.1 Å². The molecule has 41 heavy (non-hydrogen) atoms. The Labute approximate surface area is 237 Å². The van der Waals surface area contributed by atoms with E-state index >= 15 is 0 Å². The van der Waals surface area contributed by atoms with Gasteiger partial charge in [0.05, 0.1) is 16.4 Å². The van der Waals surface area contributed by atoms with Crippen LogP contribution in [0.1, 0.15) is 5.56 Å². The molecule has 2 aromatic heterocycles. The Bertz CT molecular complexity index is 2030. The molecule has 0 aliphatic carbocycles. The van der Waals surface area contributed by atoms with Gasteiger partial charge in [0.2, 0.25) is 0 Å². The van der Waals surface area contributed by atoms with Crippen molar-refractivity contribution < 1.29 is 4.57 Å². The van der Waals surface area contributed by atoms with Crippen molar-refractivity contribution in [3.05, 3.63) is 162 Å². The maximum atomic E-state index is 14.9. The van der Waals surface area contributed by atoms with Crippen molar-refractivity contribution in [3.8, 4) is 45.3 Å². The van der Waals surface area contributed by atoms with E-state index in [1.165, 1.54) is 0 Å². The van der Waals surface area contributed by atoms with Crippen LogP contribution in [0.2, 0.25) is 0 Å². The van der Waals surface area contributed by atoms with E-state index in [4.69, 9.17) is 5.10 Å². The number of hydrogen-bond donors (Lipinski definition) is 0. The Morgan fingerprint density at radius 3 is 1.61 bits per heavy atom. The van der Waals surface area contributed by atoms with E-state index < -0.39 is 0 Å². The SMILES string of the molecule is Cc1ccc(-n2c(-c3ccccc3)c(-c3ccccc3)n3nc(-c4ccccc4)[n+](-c4ccccc4)c3c2=O)cc1. The highest BCUT2D eigenvalue weighted by Gasteiger charge is 2.33. The number of hydrogen-bond acceptors (Lipinski definition) is 2. The fourth-order valence-corrected chi connectivity index (χ4v) is 5.38. The summed E-state index contributed by atoms with van der Waals surface area (Å²) in [6.07, 6.45) is 0. The van der Waals surface area contributed by atoms with Crippen molar-refractivity contribution in [2.45, 2.75) is 6.92 Å². The van der Waals surface area contributed by atoms with Crippen LogP contribution in [0.25, 0.3) is 50.9 Å². The summed E-state index contributed by atoms with van der Waals surface area (Å²) in [5.41, 5.74) is 7.48. The highest BCUT2D eigenvalue weighted by molar-refractivity contribution is 5.81. The maximum absolute atomic E-state index is 14.9. The third kappa shape index (κ3) is 4.24. The van der Waals surface area contributed by atoms with Crippen molar-refractivity contribution in [2.75, 3.05) is 0 Å². The molecule has 0 fully saturated rings. The molecule has 0 radical (unpaired) electrons. The number of rotatable bonds is 5. The van der Waals surface area contributed by atoms with Gasteiger partial charge in [-0.3, -0.25) is 9.36 Å². The molecule has 0 aliphatic rings. The summed E-state index contributed by atoms with van der Waals surface area (Å²) < 4.78 is 5.64. The Hall–Kier alpha value is -5.55. The molecule has 0 unspecified atom stereocenters. The Kier molecular flexibility index (Phi) is 6.10. The third-order valence-corrected chi connectivity index (χ3v) is 7.31. The second kappa shape index (κ2) is 10.2. The molecule has 7 rings (SSSR count). The van der Waals surface area contributed by atoms with Gasteiger partial charge in [0.15, 0.2) is 5.69 Å². The first-order valence-electron chi connectivity index (χ1n) is 13.6. The summed E-state index contributed by atoms with van der Waals surface area (Å²) in [4.78, 5) is 14.9. The molecule has 5 nitrogen and oxygen atoms in total. The molecular weight excluding hydrogens is 504 g/mol. The van der Waals surface area contributed by atoms with Crippen molar-refractivity contribution in [2.24, 2.45) is 0 Å². The summed E-state index contributed by atoms with van der Waals surface area (Å²) in [5, 5.41) is 5.20. The molecule has 2 heterocycles. The minimum atomic E-state index is -0.161. The summed E-state index contributed by atoms with van der Waals surface area (Å²) >= 11 is 0. The van der Waals surface area contributed by atoms with Gasteiger partial charge >= 0.3 is 17.0 Å². The zero-order valence-corrected chi connectivity index (χ0v) is 22.6. The fraction of sp³-hybridized carbons (Fsp3) is 0.0278. The monoisotopic (exact) mass is 531 g/mol. The minimum Gasteiger partial charge on any atom is -0.267 e. The minimum absolute atomic E-state index is 0.161. The van der Waals surface area contributed by atoms with Gasteiger partial charge < -0.3 is 0 Å². The summed E-state index contributed by atoms with van der Waals surface area (Å²) in [6, 6.07) is 48.4. The Balaban J connectivity index is 1.74. The van der Waals surface area contributed by atoms with Crippen LogP contribution in [0.15, 0.2) is 150 Å². The van der Waals surface area contributed by atoms with E-state index in [0.29, 0.717) is 11.5 Å². The quantitative estimate of drug-likeness (QED) is 0.223. The molecule has 0 spiro atoms. The first-order valence-corrected chi connectivity index (χ1v) is 13.6. The molecule has 0 saturated heterocycles. The second-order valence-corrected chi connectivity index (χ2v) is 10.0. The Morgan fingerprint density at radius 1 is 0.561 bits per heavy atom. The van der Waals surface area contributed by atoms with Gasteiger partial charge in [0.1, 0.15) is 5.69 Å².